The molecule has 2 amide bonds. The largest absolute Gasteiger partial charge is 0.435 e. The van der Waals surface area contributed by atoms with Crippen molar-refractivity contribution in [1.82, 2.24) is 9.78 Å². The fraction of sp³-hybridized carbons (Fsp3) is 0.105. The summed E-state index contributed by atoms with van der Waals surface area (Å²) in [5, 5.41) is 3.58. The highest BCUT2D eigenvalue weighted by molar-refractivity contribution is 6.34. The molecule has 0 saturated carbocycles. The predicted molar refractivity (Wildman–Crippen MR) is 90.9 cm³/mol. The molecule has 0 saturated heterocycles. The van der Waals surface area contributed by atoms with Gasteiger partial charge >= 0.3 is 6.18 Å². The van der Waals surface area contributed by atoms with Crippen molar-refractivity contribution in [3.63, 3.8) is 0 Å². The molecule has 4 rings (SSSR count). The summed E-state index contributed by atoms with van der Waals surface area (Å²) >= 11 is 0. The topological polar surface area (TPSA) is 55.2 Å². The molecule has 0 spiro atoms. The molecule has 1 aromatic heterocycles. The molecular formula is C19H12F3N3O2. The second-order valence-corrected chi connectivity index (χ2v) is 6.09. The van der Waals surface area contributed by atoms with E-state index in [9.17, 15) is 22.8 Å². The third-order valence-corrected chi connectivity index (χ3v) is 4.32. The Morgan fingerprint density at radius 1 is 0.852 bits per heavy atom. The average molecular weight is 371 g/mol. The van der Waals surface area contributed by atoms with Gasteiger partial charge in [0, 0.05) is 5.69 Å². The van der Waals surface area contributed by atoms with Gasteiger partial charge in [0.25, 0.3) is 11.8 Å². The van der Waals surface area contributed by atoms with Crippen molar-refractivity contribution >= 4 is 17.5 Å². The number of benzene rings is 2. The Hall–Kier alpha value is -3.42. The minimum absolute atomic E-state index is 0.316. The molecular weight excluding hydrogens is 359 g/mol. The summed E-state index contributed by atoms with van der Waals surface area (Å²) in [6, 6.07) is 13.5. The molecule has 1 aliphatic heterocycles. The Morgan fingerprint density at radius 2 is 1.37 bits per heavy atom. The summed E-state index contributed by atoms with van der Waals surface area (Å²) in [5.74, 6) is -0.865. The number of fused-ring (bicyclic) bond motifs is 1. The third-order valence-electron chi connectivity index (χ3n) is 4.32. The van der Waals surface area contributed by atoms with Crippen LogP contribution < -0.4 is 4.90 Å². The van der Waals surface area contributed by atoms with Crippen molar-refractivity contribution in [3.8, 4) is 5.69 Å². The van der Waals surface area contributed by atoms with Crippen LogP contribution in [0.5, 0.6) is 0 Å². The summed E-state index contributed by atoms with van der Waals surface area (Å²) in [7, 11) is 0. The fourth-order valence-electron chi connectivity index (χ4n) is 3.04. The smallest absolute Gasteiger partial charge is 0.268 e. The molecule has 3 aromatic rings. The van der Waals surface area contributed by atoms with Crippen LogP contribution in [-0.4, -0.2) is 21.6 Å². The first-order chi connectivity index (χ1) is 12.8. The maximum atomic E-state index is 12.8. The Bertz CT molecular complexity index is 1030. The number of hydrogen-bond acceptors (Lipinski definition) is 3. The van der Waals surface area contributed by atoms with Crippen LogP contribution in [0.15, 0.2) is 54.6 Å². The van der Waals surface area contributed by atoms with Gasteiger partial charge in [0.05, 0.1) is 22.5 Å². The lowest BCUT2D eigenvalue weighted by atomic mass is 10.1. The Morgan fingerprint density at radius 3 is 1.85 bits per heavy atom. The number of imide groups is 1. The predicted octanol–water partition coefficient (Wildman–Crippen LogP) is 4.00. The van der Waals surface area contributed by atoms with Crippen LogP contribution in [0.1, 0.15) is 32.1 Å². The second kappa shape index (κ2) is 5.80. The van der Waals surface area contributed by atoms with Crippen LogP contribution in [0.4, 0.5) is 18.9 Å². The van der Waals surface area contributed by atoms with Gasteiger partial charge in [-0.25, -0.2) is 9.58 Å². The van der Waals surface area contributed by atoms with E-state index in [1.54, 1.807) is 24.3 Å². The highest BCUT2D eigenvalue weighted by Crippen LogP contribution is 2.31. The molecule has 0 N–H and O–H groups in total. The summed E-state index contributed by atoms with van der Waals surface area (Å²) < 4.78 is 39.6. The van der Waals surface area contributed by atoms with Crippen LogP contribution in [0, 0.1) is 6.92 Å². The van der Waals surface area contributed by atoms with Crippen molar-refractivity contribution in [2.45, 2.75) is 13.1 Å². The molecule has 2 aromatic carbocycles. The van der Waals surface area contributed by atoms with E-state index in [4.69, 9.17) is 0 Å². The monoisotopic (exact) mass is 371 g/mol. The summed E-state index contributed by atoms with van der Waals surface area (Å²) in [5.41, 5.74) is 0.711. The highest BCUT2D eigenvalue weighted by atomic mass is 19.4. The fourth-order valence-corrected chi connectivity index (χ4v) is 3.04. The van der Waals surface area contributed by atoms with Crippen LogP contribution in [0.3, 0.4) is 0 Å². The van der Waals surface area contributed by atoms with Crippen LogP contribution in [-0.2, 0) is 6.18 Å². The molecule has 27 heavy (non-hydrogen) atoms. The summed E-state index contributed by atoms with van der Waals surface area (Å²) in [4.78, 5) is 26.0. The average Bonchev–Trinajstić information content (AvgIpc) is 3.14. The minimum atomic E-state index is -4.53. The number of anilines is 1. The van der Waals surface area contributed by atoms with E-state index in [-0.39, 0.29) is 0 Å². The van der Waals surface area contributed by atoms with Gasteiger partial charge in [-0.1, -0.05) is 12.1 Å². The first-order valence-electron chi connectivity index (χ1n) is 7.99. The molecule has 0 atom stereocenters. The second-order valence-electron chi connectivity index (χ2n) is 6.09. The lowest BCUT2D eigenvalue weighted by molar-refractivity contribution is -0.141. The Labute approximate surface area is 151 Å². The van der Waals surface area contributed by atoms with Crippen molar-refractivity contribution in [2.24, 2.45) is 0 Å². The SMILES string of the molecule is Cc1cc(C(F)(F)F)nn1-c1ccc(N2C(=O)c3ccccc3C2=O)cc1. The van der Waals surface area contributed by atoms with Crippen LogP contribution in [0.25, 0.3) is 5.69 Å². The van der Waals surface area contributed by atoms with Gasteiger partial charge in [-0.05, 0) is 49.4 Å². The molecule has 0 bridgehead atoms. The zero-order chi connectivity index (χ0) is 19.3. The number of aryl methyl sites for hydroxylation is 1. The highest BCUT2D eigenvalue weighted by Gasteiger charge is 2.36. The molecule has 1 aliphatic rings. The first-order valence-corrected chi connectivity index (χ1v) is 7.99. The molecule has 0 radical (unpaired) electrons. The molecule has 2 heterocycles. The van der Waals surface area contributed by atoms with Crippen molar-refractivity contribution in [1.29, 1.82) is 0 Å². The Kier molecular flexibility index (Phi) is 3.66. The lowest BCUT2D eigenvalue weighted by Crippen LogP contribution is -2.29. The maximum Gasteiger partial charge on any atom is 0.435 e. The number of alkyl halides is 3. The van der Waals surface area contributed by atoms with Gasteiger partial charge < -0.3 is 0 Å². The van der Waals surface area contributed by atoms with E-state index >= 15 is 0 Å². The maximum absolute atomic E-state index is 12.8. The van der Waals surface area contributed by atoms with Gasteiger partial charge in [0.1, 0.15) is 0 Å². The van der Waals surface area contributed by atoms with Gasteiger partial charge in [-0.15, -0.1) is 0 Å². The molecule has 136 valence electrons. The van der Waals surface area contributed by atoms with E-state index in [1.165, 1.54) is 31.2 Å². The van der Waals surface area contributed by atoms with Crippen molar-refractivity contribution < 1.29 is 22.8 Å². The van der Waals surface area contributed by atoms with E-state index < -0.39 is 23.7 Å². The number of amides is 2. The van der Waals surface area contributed by atoms with Gasteiger partial charge in [-0.2, -0.15) is 18.3 Å². The number of aromatic nitrogens is 2. The number of hydrogen-bond donors (Lipinski definition) is 0. The molecule has 0 unspecified atom stereocenters. The van der Waals surface area contributed by atoms with Gasteiger partial charge in [-0.3, -0.25) is 9.59 Å². The third kappa shape index (κ3) is 2.69. The zero-order valence-electron chi connectivity index (χ0n) is 14.0. The number of rotatable bonds is 2. The first kappa shape index (κ1) is 17.0. The van der Waals surface area contributed by atoms with Crippen molar-refractivity contribution in [2.75, 3.05) is 4.90 Å². The number of carbonyl (C=O) groups excluding carboxylic acids is 2. The van der Waals surface area contributed by atoms with E-state index in [1.807, 2.05) is 0 Å². The zero-order valence-corrected chi connectivity index (χ0v) is 14.0. The van der Waals surface area contributed by atoms with E-state index in [2.05, 4.69) is 5.10 Å². The lowest BCUT2D eigenvalue weighted by Gasteiger charge is -2.14. The standard InChI is InChI=1S/C19H12F3N3O2/c1-11-10-16(19(20,21)22)23-25(11)13-8-6-12(7-9-13)24-17(26)14-4-2-3-5-15(14)18(24)27/h2-10H,1H3. The molecule has 8 heteroatoms. The summed E-state index contributed by atoms with van der Waals surface area (Å²) in [6.45, 7) is 1.51. The van der Waals surface area contributed by atoms with Gasteiger partial charge in [0.2, 0.25) is 0 Å². The molecule has 5 nitrogen and oxygen atoms in total. The number of nitrogens with zero attached hydrogens (tertiary/aromatic N) is 3. The van der Waals surface area contributed by atoms with E-state index in [0.29, 0.717) is 28.2 Å². The molecule has 0 fully saturated rings. The molecule has 0 aliphatic carbocycles. The van der Waals surface area contributed by atoms with Crippen LogP contribution in [0.2, 0.25) is 0 Å². The Balaban J connectivity index is 1.67. The minimum Gasteiger partial charge on any atom is -0.268 e. The quantitative estimate of drug-likeness (QED) is 0.640. The number of carbonyl (C=O) groups is 2. The summed E-state index contributed by atoms with van der Waals surface area (Å²) in [6.07, 6.45) is -4.53. The van der Waals surface area contributed by atoms with Gasteiger partial charge in [0.15, 0.2) is 5.69 Å². The van der Waals surface area contributed by atoms with E-state index in [0.717, 1.165) is 15.6 Å². The normalized spacial score (nSPS) is 14.0. The van der Waals surface area contributed by atoms with Crippen molar-refractivity contribution in [3.05, 3.63) is 77.1 Å². The number of halogens is 3. The van der Waals surface area contributed by atoms with Crippen LogP contribution >= 0.6 is 0 Å².